The minimum Gasteiger partial charge on any atom is -0.393 e. The van der Waals surface area contributed by atoms with Crippen LogP contribution in [0.4, 0.5) is 4.39 Å². The van der Waals surface area contributed by atoms with E-state index in [4.69, 9.17) is 15.2 Å². The van der Waals surface area contributed by atoms with Crippen molar-refractivity contribution in [1.29, 1.82) is 0 Å². The van der Waals surface area contributed by atoms with E-state index in [9.17, 15) is 14.6 Å². The van der Waals surface area contributed by atoms with Crippen LogP contribution in [-0.2, 0) is 0 Å². The maximum Gasteiger partial charge on any atom is 0.153 e. The first-order valence-corrected chi connectivity index (χ1v) is 10.5. The summed E-state index contributed by atoms with van der Waals surface area (Å²) in [4.78, 5) is 4.90. The first kappa shape index (κ1) is 21.6. The molecule has 2 aromatic carbocycles. The third kappa shape index (κ3) is 5.17. The Balaban J connectivity index is 1.78. The second-order valence-electron chi connectivity index (χ2n) is 8.12. The Labute approximate surface area is 180 Å². The van der Waals surface area contributed by atoms with E-state index in [0.717, 1.165) is 46.1 Å². The zero-order valence-electron chi connectivity index (χ0n) is 17.0. The van der Waals surface area contributed by atoms with Crippen LogP contribution in [0.5, 0.6) is 0 Å². The van der Waals surface area contributed by atoms with Gasteiger partial charge in [0.2, 0.25) is 0 Å². The predicted molar refractivity (Wildman–Crippen MR) is 118 cm³/mol. The molecule has 3 aromatic rings. The van der Waals surface area contributed by atoms with E-state index in [-0.39, 0.29) is 18.7 Å². The van der Waals surface area contributed by atoms with Crippen molar-refractivity contribution in [2.75, 3.05) is 0 Å². The Morgan fingerprint density at radius 1 is 0.968 bits per heavy atom. The summed E-state index contributed by atoms with van der Waals surface area (Å²) in [6.45, 7) is 0. The molecule has 6 heteroatoms. The number of fused-ring (bicyclic) bond motifs is 1. The molecule has 1 aliphatic carbocycles. The molecule has 162 valence electrons. The lowest BCUT2D eigenvalue weighted by molar-refractivity contribution is -0.0739. The number of benzene rings is 2. The topological polar surface area (TPSA) is 93.8 Å². The lowest BCUT2D eigenvalue weighted by atomic mass is 9.92. The smallest absolute Gasteiger partial charge is 0.153 e. The van der Waals surface area contributed by atoms with Crippen LogP contribution in [-0.4, -0.2) is 43.9 Å². The molecule has 0 bridgehead atoms. The molecule has 5 nitrogen and oxygen atoms in total. The summed E-state index contributed by atoms with van der Waals surface area (Å²) in [7, 11) is 0. The van der Waals surface area contributed by atoms with Crippen LogP contribution in [0.3, 0.4) is 0 Å². The van der Waals surface area contributed by atoms with Crippen LogP contribution >= 0.6 is 0 Å². The Morgan fingerprint density at radius 2 is 1.68 bits per heavy atom. The van der Waals surface area contributed by atoms with Gasteiger partial charge < -0.3 is 20.4 Å². The van der Waals surface area contributed by atoms with Crippen LogP contribution in [0.2, 0.25) is 0 Å². The van der Waals surface area contributed by atoms with Gasteiger partial charge in [0.1, 0.15) is 5.82 Å². The Morgan fingerprint density at radius 3 is 2.35 bits per heavy atom. The Kier molecular flexibility index (Phi) is 6.43. The number of hydrogen-bond donors (Lipinski definition) is 4. The summed E-state index contributed by atoms with van der Waals surface area (Å²) >= 11 is 0. The van der Waals surface area contributed by atoms with Crippen LogP contribution in [0.25, 0.3) is 28.1 Å². The number of aliphatic hydroxyl groups is 4. The number of aromatic nitrogens is 1. The fourth-order valence-corrected chi connectivity index (χ4v) is 3.91. The average molecular weight is 423 g/mol. The van der Waals surface area contributed by atoms with Gasteiger partial charge in [-0.25, -0.2) is 4.39 Å². The van der Waals surface area contributed by atoms with Gasteiger partial charge in [-0.15, -0.1) is 0 Å². The van der Waals surface area contributed by atoms with Crippen LogP contribution < -0.4 is 0 Å². The molecule has 31 heavy (non-hydrogen) atoms. The van der Waals surface area contributed by atoms with Crippen molar-refractivity contribution in [2.24, 2.45) is 0 Å². The maximum atomic E-state index is 13.6. The largest absolute Gasteiger partial charge is 0.393 e. The molecule has 0 amide bonds. The first-order chi connectivity index (χ1) is 14.9. The quantitative estimate of drug-likeness (QED) is 0.414. The number of hydrogen-bond acceptors (Lipinski definition) is 5. The normalized spacial score (nSPS) is 16.3. The molecule has 0 aliphatic heterocycles. The number of halogens is 1. The second-order valence-corrected chi connectivity index (χ2v) is 8.12. The van der Waals surface area contributed by atoms with Gasteiger partial charge in [0.25, 0.3) is 0 Å². The Hall–Kier alpha value is -2.64. The molecule has 2 atom stereocenters. The minimum absolute atomic E-state index is 0.0141. The van der Waals surface area contributed by atoms with Crippen LogP contribution in [0, 0.1) is 5.82 Å². The molecule has 1 aliphatic rings. The van der Waals surface area contributed by atoms with Gasteiger partial charge in [-0.3, -0.25) is 4.98 Å². The van der Waals surface area contributed by atoms with Gasteiger partial charge in [-0.2, -0.15) is 0 Å². The average Bonchev–Trinajstić information content (AvgIpc) is 3.56. The van der Waals surface area contributed by atoms with Crippen molar-refractivity contribution in [2.45, 2.75) is 50.1 Å². The highest BCUT2D eigenvalue weighted by Gasteiger charge is 2.29. The van der Waals surface area contributed by atoms with Gasteiger partial charge in [-0.1, -0.05) is 42.5 Å². The summed E-state index contributed by atoms with van der Waals surface area (Å²) < 4.78 is 13.6. The highest BCUT2D eigenvalue weighted by molar-refractivity contribution is 5.99. The van der Waals surface area contributed by atoms with E-state index >= 15 is 0 Å². The summed E-state index contributed by atoms with van der Waals surface area (Å²) in [6.07, 6.45) is 1.65. The molecule has 0 saturated heterocycles. The van der Waals surface area contributed by atoms with Gasteiger partial charge in [0, 0.05) is 35.3 Å². The van der Waals surface area contributed by atoms with E-state index in [1.54, 1.807) is 18.2 Å². The number of rotatable bonds is 8. The SMILES string of the molecule is OC(O)C[C@H](O)C[C@H](O)C=Cc1c(C2CC2)nc2ccccc2c1-c1ccc(F)cc1. The summed E-state index contributed by atoms with van der Waals surface area (Å²) in [6, 6.07) is 14.2. The molecule has 0 spiro atoms. The maximum absolute atomic E-state index is 13.6. The highest BCUT2D eigenvalue weighted by atomic mass is 19.1. The van der Waals surface area contributed by atoms with Crippen molar-refractivity contribution in [3.63, 3.8) is 0 Å². The lowest BCUT2D eigenvalue weighted by Crippen LogP contribution is -2.21. The van der Waals surface area contributed by atoms with E-state index in [2.05, 4.69) is 0 Å². The summed E-state index contributed by atoms with van der Waals surface area (Å²) in [5, 5.41) is 39.2. The molecule has 0 radical (unpaired) electrons. The van der Waals surface area contributed by atoms with Crippen molar-refractivity contribution < 1.29 is 24.8 Å². The monoisotopic (exact) mass is 423 g/mol. The molecule has 1 saturated carbocycles. The second kappa shape index (κ2) is 9.24. The highest BCUT2D eigenvalue weighted by Crippen LogP contribution is 2.45. The molecule has 1 fully saturated rings. The predicted octanol–water partition coefficient (Wildman–Crippen LogP) is 3.74. The number of para-hydroxylation sites is 1. The number of nitrogens with zero attached hydrogens (tertiary/aromatic N) is 1. The van der Waals surface area contributed by atoms with Crippen molar-refractivity contribution in [3.8, 4) is 11.1 Å². The van der Waals surface area contributed by atoms with E-state index < -0.39 is 18.5 Å². The van der Waals surface area contributed by atoms with Crippen molar-refractivity contribution >= 4 is 17.0 Å². The molecular formula is C25H26FNO4. The van der Waals surface area contributed by atoms with Gasteiger partial charge in [0.05, 0.1) is 23.4 Å². The number of aliphatic hydroxyl groups excluding tert-OH is 3. The Bertz CT molecular complexity index is 1080. The van der Waals surface area contributed by atoms with Gasteiger partial charge >= 0.3 is 0 Å². The van der Waals surface area contributed by atoms with Crippen LogP contribution in [0.15, 0.2) is 54.6 Å². The molecule has 4 rings (SSSR count). The van der Waals surface area contributed by atoms with Crippen molar-refractivity contribution in [3.05, 3.63) is 71.7 Å². The zero-order chi connectivity index (χ0) is 22.0. The van der Waals surface area contributed by atoms with Crippen molar-refractivity contribution in [1.82, 2.24) is 4.98 Å². The third-order valence-electron chi connectivity index (χ3n) is 5.54. The minimum atomic E-state index is -1.62. The lowest BCUT2D eigenvalue weighted by Gasteiger charge is -2.17. The third-order valence-corrected chi connectivity index (χ3v) is 5.54. The molecular weight excluding hydrogens is 397 g/mol. The van der Waals surface area contributed by atoms with Gasteiger partial charge in [0.15, 0.2) is 6.29 Å². The van der Waals surface area contributed by atoms with E-state index in [1.807, 2.05) is 30.3 Å². The fourth-order valence-electron chi connectivity index (χ4n) is 3.91. The summed E-state index contributed by atoms with van der Waals surface area (Å²) in [5.74, 6) is 0.0350. The molecule has 1 aromatic heterocycles. The first-order valence-electron chi connectivity index (χ1n) is 10.5. The molecule has 1 heterocycles. The zero-order valence-corrected chi connectivity index (χ0v) is 17.0. The van der Waals surface area contributed by atoms with Crippen LogP contribution in [0.1, 0.15) is 42.9 Å². The van der Waals surface area contributed by atoms with E-state index in [1.165, 1.54) is 12.1 Å². The molecule has 4 N–H and O–H groups in total. The standard InChI is InChI=1S/C25H26FNO4/c26-17-9-7-15(8-10-17)24-20-3-1-2-4-22(20)27-25(16-5-6-16)21(24)12-11-18(28)13-19(29)14-23(30)31/h1-4,7-12,16,18-19,23,28-31H,5-6,13-14H2/t18-,19-/m1/s1. The van der Waals surface area contributed by atoms with E-state index in [0.29, 0.717) is 5.92 Å². The van der Waals surface area contributed by atoms with Gasteiger partial charge in [-0.05, 0) is 36.6 Å². The summed E-state index contributed by atoms with van der Waals surface area (Å²) in [5.41, 5.74) is 4.49. The molecule has 0 unspecified atom stereocenters. The fraction of sp³-hybridized carbons (Fsp3) is 0.320. The number of pyridine rings is 1.